The van der Waals surface area contributed by atoms with Crippen LogP contribution in [0.5, 0.6) is 0 Å². The zero-order valence-corrected chi connectivity index (χ0v) is 18.1. The molecule has 4 rings (SSSR count). The van der Waals surface area contributed by atoms with E-state index in [4.69, 9.17) is 0 Å². The second kappa shape index (κ2) is 8.16. The summed E-state index contributed by atoms with van der Waals surface area (Å²) in [5, 5.41) is 0. The number of hydrogen-bond donors (Lipinski definition) is 1. The van der Waals surface area contributed by atoms with Gasteiger partial charge in [0, 0.05) is 32.2 Å². The SMILES string of the molecule is O=S(=O)(Nc1ccc(N2CCCC2)c(F)c1)c1ccc(S(=O)(=O)N2CCCC2)cc1. The van der Waals surface area contributed by atoms with Gasteiger partial charge in [-0.05, 0) is 62.1 Å². The van der Waals surface area contributed by atoms with Crippen molar-refractivity contribution in [2.45, 2.75) is 35.5 Å². The first kappa shape index (κ1) is 21.1. The lowest BCUT2D eigenvalue weighted by Gasteiger charge is -2.19. The Morgan fingerprint density at radius 2 is 1.33 bits per heavy atom. The van der Waals surface area contributed by atoms with Crippen LogP contribution in [0.2, 0.25) is 0 Å². The van der Waals surface area contributed by atoms with Gasteiger partial charge in [0.25, 0.3) is 10.0 Å². The van der Waals surface area contributed by atoms with Crippen molar-refractivity contribution in [2.75, 3.05) is 35.8 Å². The van der Waals surface area contributed by atoms with E-state index in [1.807, 2.05) is 4.90 Å². The van der Waals surface area contributed by atoms with Crippen LogP contribution in [-0.4, -0.2) is 47.3 Å². The standard InChI is InChI=1S/C20H24FN3O4S2/c21-19-15-16(5-10-20(19)23-11-1-2-12-23)22-29(25,26)17-6-8-18(9-7-17)30(27,28)24-13-3-4-14-24/h5-10,15,22H,1-4,11-14H2. The maximum absolute atomic E-state index is 14.5. The lowest BCUT2D eigenvalue weighted by molar-refractivity contribution is 0.477. The van der Waals surface area contributed by atoms with Gasteiger partial charge < -0.3 is 4.90 Å². The number of halogens is 1. The minimum atomic E-state index is -3.98. The highest BCUT2D eigenvalue weighted by Crippen LogP contribution is 2.28. The average Bonchev–Trinajstić information content (AvgIpc) is 3.42. The number of sulfonamides is 2. The van der Waals surface area contributed by atoms with E-state index in [9.17, 15) is 21.2 Å². The highest BCUT2D eigenvalue weighted by atomic mass is 32.2. The first-order valence-corrected chi connectivity index (χ1v) is 12.9. The number of nitrogens with zero attached hydrogens (tertiary/aromatic N) is 2. The van der Waals surface area contributed by atoms with E-state index in [-0.39, 0.29) is 15.5 Å². The molecule has 0 radical (unpaired) electrons. The average molecular weight is 454 g/mol. The van der Waals surface area contributed by atoms with E-state index >= 15 is 0 Å². The lowest BCUT2D eigenvalue weighted by Crippen LogP contribution is -2.27. The molecular formula is C20H24FN3O4S2. The van der Waals surface area contributed by atoms with E-state index in [0.29, 0.717) is 18.8 Å². The Balaban J connectivity index is 1.51. The Bertz CT molecular complexity index is 1120. The molecule has 2 heterocycles. The second-order valence-electron chi connectivity index (χ2n) is 7.55. The Kier molecular flexibility index (Phi) is 5.73. The van der Waals surface area contributed by atoms with Crippen molar-refractivity contribution >= 4 is 31.4 Å². The Morgan fingerprint density at radius 1 is 0.767 bits per heavy atom. The van der Waals surface area contributed by atoms with Crippen molar-refractivity contribution in [2.24, 2.45) is 0 Å². The molecule has 0 saturated carbocycles. The second-order valence-corrected chi connectivity index (χ2v) is 11.2. The fourth-order valence-corrected chi connectivity index (χ4v) is 6.43. The molecule has 2 aliphatic heterocycles. The van der Waals surface area contributed by atoms with Crippen molar-refractivity contribution in [3.05, 3.63) is 48.3 Å². The van der Waals surface area contributed by atoms with Gasteiger partial charge in [-0.1, -0.05) is 0 Å². The minimum absolute atomic E-state index is 0.0596. The molecule has 0 aliphatic carbocycles. The van der Waals surface area contributed by atoms with Crippen LogP contribution in [-0.2, 0) is 20.0 Å². The van der Waals surface area contributed by atoms with Crippen LogP contribution in [0.3, 0.4) is 0 Å². The van der Waals surface area contributed by atoms with Crippen LogP contribution >= 0.6 is 0 Å². The van der Waals surface area contributed by atoms with E-state index in [0.717, 1.165) is 44.8 Å². The summed E-state index contributed by atoms with van der Waals surface area (Å²) in [6, 6.07) is 9.35. The number of rotatable bonds is 6. The highest BCUT2D eigenvalue weighted by Gasteiger charge is 2.27. The van der Waals surface area contributed by atoms with Crippen LogP contribution in [0, 0.1) is 5.82 Å². The number of anilines is 2. The van der Waals surface area contributed by atoms with Gasteiger partial charge in [-0.25, -0.2) is 21.2 Å². The summed E-state index contributed by atoms with van der Waals surface area (Å²) in [5.41, 5.74) is 0.580. The van der Waals surface area contributed by atoms with Crippen molar-refractivity contribution in [1.29, 1.82) is 0 Å². The third kappa shape index (κ3) is 4.17. The van der Waals surface area contributed by atoms with Crippen molar-refractivity contribution in [1.82, 2.24) is 4.31 Å². The summed E-state index contributed by atoms with van der Waals surface area (Å²) in [6.07, 6.45) is 3.67. The van der Waals surface area contributed by atoms with Gasteiger partial charge in [0.15, 0.2) is 0 Å². The molecule has 1 N–H and O–H groups in total. The Labute approximate surface area is 176 Å². The van der Waals surface area contributed by atoms with Gasteiger partial charge >= 0.3 is 0 Å². The van der Waals surface area contributed by atoms with Gasteiger partial charge in [0.2, 0.25) is 10.0 Å². The molecule has 0 spiro atoms. The van der Waals surface area contributed by atoms with E-state index < -0.39 is 25.9 Å². The molecule has 2 aromatic rings. The van der Waals surface area contributed by atoms with Gasteiger partial charge in [0.1, 0.15) is 5.82 Å². The smallest absolute Gasteiger partial charge is 0.261 e. The summed E-state index contributed by atoms with van der Waals surface area (Å²) in [5.74, 6) is -0.482. The summed E-state index contributed by atoms with van der Waals surface area (Å²) < 4.78 is 68.7. The predicted octanol–water partition coefficient (Wildman–Crippen LogP) is 3.01. The summed E-state index contributed by atoms with van der Waals surface area (Å²) >= 11 is 0. The largest absolute Gasteiger partial charge is 0.369 e. The molecular weight excluding hydrogens is 429 g/mol. The van der Waals surface area contributed by atoms with Gasteiger partial charge in [-0.2, -0.15) is 4.31 Å². The number of nitrogens with one attached hydrogen (secondary N) is 1. The monoisotopic (exact) mass is 453 g/mol. The zero-order valence-electron chi connectivity index (χ0n) is 16.4. The summed E-state index contributed by atoms with van der Waals surface area (Å²) in [6.45, 7) is 2.52. The molecule has 10 heteroatoms. The van der Waals surface area contributed by atoms with Crippen LogP contribution in [0.25, 0.3) is 0 Å². The molecule has 2 fully saturated rings. The van der Waals surface area contributed by atoms with Gasteiger partial charge in [0.05, 0.1) is 21.2 Å². The zero-order chi connectivity index (χ0) is 21.4. The quantitative estimate of drug-likeness (QED) is 0.727. The summed E-state index contributed by atoms with van der Waals surface area (Å²) in [4.78, 5) is 1.91. The molecule has 0 aromatic heterocycles. The van der Waals surface area contributed by atoms with Crippen molar-refractivity contribution < 1.29 is 21.2 Å². The van der Waals surface area contributed by atoms with Crippen molar-refractivity contribution in [3.63, 3.8) is 0 Å². The maximum atomic E-state index is 14.5. The van der Waals surface area contributed by atoms with Crippen LogP contribution in [0.4, 0.5) is 15.8 Å². The first-order chi connectivity index (χ1) is 14.3. The Morgan fingerprint density at radius 3 is 1.93 bits per heavy atom. The molecule has 2 aliphatic rings. The molecule has 30 heavy (non-hydrogen) atoms. The molecule has 0 bridgehead atoms. The van der Waals surface area contributed by atoms with Crippen LogP contribution in [0.1, 0.15) is 25.7 Å². The minimum Gasteiger partial charge on any atom is -0.369 e. The number of hydrogen-bond acceptors (Lipinski definition) is 5. The molecule has 0 amide bonds. The third-order valence-electron chi connectivity index (χ3n) is 5.48. The molecule has 0 unspecified atom stereocenters. The normalized spacial score (nSPS) is 18.1. The fraction of sp³-hybridized carbons (Fsp3) is 0.400. The van der Waals surface area contributed by atoms with E-state index in [2.05, 4.69) is 4.72 Å². The molecule has 7 nitrogen and oxygen atoms in total. The summed E-state index contributed by atoms with van der Waals surface area (Å²) in [7, 11) is -7.60. The molecule has 2 aromatic carbocycles. The molecule has 2 saturated heterocycles. The lowest BCUT2D eigenvalue weighted by atomic mass is 10.2. The van der Waals surface area contributed by atoms with Gasteiger partial charge in [-0.3, -0.25) is 4.72 Å². The van der Waals surface area contributed by atoms with Gasteiger partial charge in [-0.15, -0.1) is 0 Å². The first-order valence-electron chi connectivity index (χ1n) is 9.95. The fourth-order valence-electron chi connectivity index (χ4n) is 3.87. The predicted molar refractivity (Wildman–Crippen MR) is 113 cm³/mol. The number of benzene rings is 2. The van der Waals surface area contributed by atoms with Crippen molar-refractivity contribution in [3.8, 4) is 0 Å². The highest BCUT2D eigenvalue weighted by molar-refractivity contribution is 7.92. The van der Waals surface area contributed by atoms with E-state index in [1.54, 1.807) is 6.07 Å². The van der Waals surface area contributed by atoms with Crippen LogP contribution < -0.4 is 9.62 Å². The van der Waals surface area contributed by atoms with E-state index in [1.165, 1.54) is 34.6 Å². The topological polar surface area (TPSA) is 86.8 Å². The third-order valence-corrected chi connectivity index (χ3v) is 8.79. The molecule has 162 valence electrons. The maximum Gasteiger partial charge on any atom is 0.261 e. The van der Waals surface area contributed by atoms with Crippen LogP contribution in [0.15, 0.2) is 52.3 Å². The molecule has 0 atom stereocenters. The Hall–Kier alpha value is -2.17.